The molecule has 1 aromatic heterocycles. The van der Waals surface area contributed by atoms with Crippen LogP contribution >= 0.6 is 35.4 Å². The minimum absolute atomic E-state index is 0.0701. The Morgan fingerprint density at radius 2 is 1.78 bits per heavy atom. The van der Waals surface area contributed by atoms with E-state index in [1.165, 1.54) is 4.68 Å². The van der Waals surface area contributed by atoms with Gasteiger partial charge in [0.1, 0.15) is 6.54 Å². The number of hydrogen-bond acceptors (Lipinski definition) is 3. The first kappa shape index (κ1) is 22.3. The van der Waals surface area contributed by atoms with Gasteiger partial charge in [-0.1, -0.05) is 71.7 Å². The number of amides is 1. The minimum atomic E-state index is -0.310. The van der Waals surface area contributed by atoms with Gasteiger partial charge < -0.3 is 5.32 Å². The maximum absolute atomic E-state index is 12.8. The normalized spacial score (nSPS) is 10.9. The predicted octanol–water partition coefficient (Wildman–Crippen LogP) is 6.63. The lowest BCUT2D eigenvalue weighted by atomic mass is 10.1. The Hall–Kier alpha value is -2.93. The van der Waals surface area contributed by atoms with Crippen molar-refractivity contribution in [1.82, 2.24) is 14.3 Å². The molecule has 0 unspecified atom stereocenters. The van der Waals surface area contributed by atoms with Crippen LogP contribution in [0, 0.1) is 18.6 Å². The molecule has 0 aliphatic rings. The number of carbonyl (C=O) groups is 1. The molecule has 1 amide bonds. The number of halogens is 2. The van der Waals surface area contributed by atoms with Gasteiger partial charge in [0.05, 0.1) is 21.4 Å². The molecule has 1 N–H and O–H groups in total. The zero-order valence-electron chi connectivity index (χ0n) is 17.5. The van der Waals surface area contributed by atoms with Gasteiger partial charge in [0.15, 0.2) is 5.82 Å². The number of rotatable bonds is 5. The van der Waals surface area contributed by atoms with Crippen molar-refractivity contribution in [2.24, 2.45) is 0 Å². The molecule has 162 valence electrons. The van der Waals surface area contributed by atoms with E-state index < -0.39 is 0 Å². The van der Waals surface area contributed by atoms with E-state index in [9.17, 15) is 4.79 Å². The second-order valence-electron chi connectivity index (χ2n) is 7.40. The third kappa shape index (κ3) is 4.48. The van der Waals surface area contributed by atoms with Gasteiger partial charge in [0.25, 0.3) is 0 Å². The van der Waals surface area contributed by atoms with Crippen LogP contribution in [-0.2, 0) is 11.3 Å². The van der Waals surface area contributed by atoms with E-state index in [0.29, 0.717) is 21.3 Å². The number of aromatic nitrogens is 3. The van der Waals surface area contributed by atoms with Crippen LogP contribution in [0.15, 0.2) is 66.7 Å². The SMILES string of the molecule is Cc1ccc(C)c(-n2c(-c3ccccc3)nn(CC(=O)Nc3cccc(Cl)c3Cl)c2=S)c1. The number of carbonyl (C=O) groups excluding carboxylic acids is 1. The van der Waals surface area contributed by atoms with Gasteiger partial charge in [0.2, 0.25) is 10.7 Å². The summed E-state index contributed by atoms with van der Waals surface area (Å²) in [5.41, 5.74) is 4.43. The summed E-state index contributed by atoms with van der Waals surface area (Å²) in [5, 5.41) is 8.14. The first-order chi connectivity index (χ1) is 15.3. The molecule has 0 spiro atoms. The standard InChI is InChI=1S/C24H20Cl2N4OS/c1-15-11-12-16(2)20(13-15)30-23(17-7-4-3-5-8-17)28-29(24(30)32)14-21(31)27-19-10-6-9-18(25)22(19)26/h3-13H,14H2,1-2H3,(H,27,31). The summed E-state index contributed by atoms with van der Waals surface area (Å²) in [7, 11) is 0. The van der Waals surface area contributed by atoms with Gasteiger partial charge in [-0.2, -0.15) is 5.10 Å². The molecule has 0 aliphatic carbocycles. The van der Waals surface area contributed by atoms with Crippen LogP contribution in [-0.4, -0.2) is 20.3 Å². The molecule has 4 rings (SSSR count). The highest BCUT2D eigenvalue weighted by molar-refractivity contribution is 7.71. The van der Waals surface area contributed by atoms with E-state index in [4.69, 9.17) is 40.5 Å². The van der Waals surface area contributed by atoms with Crippen molar-refractivity contribution in [2.75, 3.05) is 5.32 Å². The van der Waals surface area contributed by atoms with Gasteiger partial charge in [0, 0.05) is 5.56 Å². The molecular formula is C24H20Cl2N4OS. The predicted molar refractivity (Wildman–Crippen MR) is 132 cm³/mol. The highest BCUT2D eigenvalue weighted by Gasteiger charge is 2.18. The second-order valence-corrected chi connectivity index (χ2v) is 8.56. The van der Waals surface area contributed by atoms with Gasteiger partial charge in [-0.25, -0.2) is 4.68 Å². The van der Waals surface area contributed by atoms with Crippen LogP contribution in [0.1, 0.15) is 11.1 Å². The number of nitrogens with zero attached hydrogens (tertiary/aromatic N) is 3. The molecule has 1 heterocycles. The zero-order chi connectivity index (χ0) is 22.8. The lowest BCUT2D eigenvalue weighted by molar-refractivity contribution is -0.116. The number of anilines is 1. The summed E-state index contributed by atoms with van der Waals surface area (Å²) < 4.78 is 3.85. The summed E-state index contributed by atoms with van der Waals surface area (Å²) in [6.45, 7) is 3.98. The van der Waals surface area contributed by atoms with Gasteiger partial charge in [-0.15, -0.1) is 0 Å². The summed E-state index contributed by atoms with van der Waals surface area (Å²) in [4.78, 5) is 12.8. The van der Waals surface area contributed by atoms with Crippen LogP contribution in [0.4, 0.5) is 5.69 Å². The highest BCUT2D eigenvalue weighted by Crippen LogP contribution is 2.30. The van der Waals surface area contributed by atoms with Crippen LogP contribution in [0.5, 0.6) is 0 Å². The van der Waals surface area contributed by atoms with Crippen molar-refractivity contribution in [1.29, 1.82) is 0 Å². The Labute approximate surface area is 201 Å². The molecule has 0 saturated carbocycles. The largest absolute Gasteiger partial charge is 0.323 e. The lowest BCUT2D eigenvalue weighted by Gasteiger charge is -2.11. The zero-order valence-corrected chi connectivity index (χ0v) is 19.8. The quantitative estimate of drug-likeness (QED) is 0.324. The Bertz CT molecular complexity index is 1360. The van der Waals surface area contributed by atoms with E-state index in [1.54, 1.807) is 18.2 Å². The Kier molecular flexibility index (Phi) is 6.46. The molecule has 0 atom stereocenters. The number of hydrogen-bond donors (Lipinski definition) is 1. The fourth-order valence-corrected chi connectivity index (χ4v) is 4.03. The van der Waals surface area contributed by atoms with Crippen molar-refractivity contribution in [3.63, 3.8) is 0 Å². The van der Waals surface area contributed by atoms with Crippen LogP contribution in [0.25, 0.3) is 17.1 Å². The van der Waals surface area contributed by atoms with E-state index in [-0.39, 0.29) is 17.5 Å². The van der Waals surface area contributed by atoms with E-state index in [2.05, 4.69) is 17.4 Å². The summed E-state index contributed by atoms with van der Waals surface area (Å²) in [6.07, 6.45) is 0. The van der Waals surface area contributed by atoms with Crippen LogP contribution in [0.3, 0.4) is 0 Å². The minimum Gasteiger partial charge on any atom is -0.323 e. The van der Waals surface area contributed by atoms with Crippen molar-refractivity contribution in [3.8, 4) is 17.1 Å². The molecule has 0 saturated heterocycles. The topological polar surface area (TPSA) is 51.9 Å². The Morgan fingerprint density at radius 3 is 2.53 bits per heavy atom. The monoisotopic (exact) mass is 482 g/mol. The van der Waals surface area contributed by atoms with Crippen LogP contribution in [0.2, 0.25) is 10.0 Å². The Balaban J connectivity index is 1.76. The Morgan fingerprint density at radius 1 is 1.03 bits per heavy atom. The van der Waals surface area contributed by atoms with E-state index in [0.717, 1.165) is 22.4 Å². The third-order valence-corrected chi connectivity index (χ3v) is 6.21. The average Bonchev–Trinajstić information content (AvgIpc) is 3.09. The molecule has 8 heteroatoms. The highest BCUT2D eigenvalue weighted by atomic mass is 35.5. The first-order valence-electron chi connectivity index (χ1n) is 9.92. The third-order valence-electron chi connectivity index (χ3n) is 5.00. The van der Waals surface area contributed by atoms with Crippen molar-refractivity contribution in [2.45, 2.75) is 20.4 Å². The number of nitrogens with one attached hydrogen (secondary N) is 1. The molecule has 3 aromatic carbocycles. The molecular weight excluding hydrogens is 463 g/mol. The first-order valence-corrected chi connectivity index (χ1v) is 11.1. The summed E-state index contributed by atoms with van der Waals surface area (Å²) in [5.74, 6) is 0.355. The fourth-order valence-electron chi connectivity index (χ4n) is 3.39. The van der Waals surface area contributed by atoms with Gasteiger partial charge in [-0.3, -0.25) is 9.36 Å². The molecule has 4 aromatic rings. The van der Waals surface area contributed by atoms with Gasteiger partial charge in [-0.05, 0) is 55.4 Å². The van der Waals surface area contributed by atoms with E-state index in [1.807, 2.05) is 54.8 Å². The second kappa shape index (κ2) is 9.28. The molecule has 0 aliphatic heterocycles. The summed E-state index contributed by atoms with van der Waals surface area (Å²) >= 11 is 18.0. The van der Waals surface area contributed by atoms with Crippen molar-refractivity contribution in [3.05, 3.63) is 92.7 Å². The molecule has 32 heavy (non-hydrogen) atoms. The molecule has 0 fully saturated rings. The number of aryl methyl sites for hydroxylation is 2. The van der Waals surface area contributed by atoms with Crippen molar-refractivity contribution >= 4 is 47.0 Å². The fraction of sp³-hybridized carbons (Fsp3) is 0.125. The smallest absolute Gasteiger partial charge is 0.246 e. The van der Waals surface area contributed by atoms with Gasteiger partial charge >= 0.3 is 0 Å². The maximum Gasteiger partial charge on any atom is 0.246 e. The molecule has 5 nitrogen and oxygen atoms in total. The van der Waals surface area contributed by atoms with Crippen LogP contribution < -0.4 is 5.32 Å². The van der Waals surface area contributed by atoms with Crippen molar-refractivity contribution < 1.29 is 4.79 Å². The molecule has 0 radical (unpaired) electrons. The average molecular weight is 483 g/mol. The lowest BCUT2D eigenvalue weighted by Crippen LogP contribution is -2.20. The maximum atomic E-state index is 12.8. The summed E-state index contributed by atoms with van der Waals surface area (Å²) in [6, 6.07) is 21.0. The number of benzene rings is 3. The van der Waals surface area contributed by atoms with E-state index >= 15 is 0 Å². The molecule has 0 bridgehead atoms.